The van der Waals surface area contributed by atoms with Crippen LogP contribution in [0.2, 0.25) is 0 Å². The molecule has 2 rings (SSSR count). The first kappa shape index (κ1) is 13.0. The zero-order chi connectivity index (χ0) is 13.1. The van der Waals surface area contributed by atoms with Crippen LogP contribution in [0.1, 0.15) is 21.8 Å². The van der Waals surface area contributed by atoms with Crippen molar-refractivity contribution in [2.24, 2.45) is 5.73 Å². The smallest absolute Gasteiger partial charge is 0.104 e. The number of hydrogen-bond donors (Lipinski definition) is 2. The molecular weight excluding hydrogens is 262 g/mol. The Kier molecular flexibility index (Phi) is 3.93. The van der Waals surface area contributed by atoms with Crippen molar-refractivity contribution < 1.29 is 0 Å². The van der Waals surface area contributed by atoms with Crippen molar-refractivity contribution in [1.29, 1.82) is 0 Å². The van der Waals surface area contributed by atoms with Crippen LogP contribution in [-0.4, -0.2) is 9.97 Å². The van der Waals surface area contributed by atoms with E-state index in [-0.39, 0.29) is 0 Å². The molecular formula is C13H15N3S2. The first-order chi connectivity index (χ1) is 8.56. The third-order valence-electron chi connectivity index (χ3n) is 2.63. The minimum atomic E-state index is 0.439. The van der Waals surface area contributed by atoms with E-state index in [1.807, 2.05) is 32.0 Å². The molecule has 5 heteroatoms. The largest absolute Gasteiger partial charge is 0.389 e. The minimum Gasteiger partial charge on any atom is -0.389 e. The number of anilines is 1. The Labute approximate surface area is 116 Å². The number of thiazole rings is 1. The third kappa shape index (κ3) is 3.05. The molecule has 0 unspecified atom stereocenters. The van der Waals surface area contributed by atoms with E-state index in [9.17, 15) is 0 Å². The van der Waals surface area contributed by atoms with Gasteiger partial charge in [0.1, 0.15) is 4.99 Å². The molecule has 2 aromatic rings. The maximum absolute atomic E-state index is 5.63. The number of aromatic nitrogens is 1. The van der Waals surface area contributed by atoms with E-state index in [4.69, 9.17) is 18.0 Å². The molecule has 1 heterocycles. The molecule has 0 bridgehead atoms. The van der Waals surface area contributed by atoms with Crippen LogP contribution in [-0.2, 0) is 6.54 Å². The lowest BCUT2D eigenvalue weighted by molar-refractivity contribution is 1.05. The summed E-state index contributed by atoms with van der Waals surface area (Å²) in [6.07, 6.45) is 0. The predicted octanol–water partition coefficient (Wildman–Crippen LogP) is 3.01. The number of rotatable bonds is 4. The summed E-state index contributed by atoms with van der Waals surface area (Å²) in [5.41, 5.74) is 9.77. The van der Waals surface area contributed by atoms with Gasteiger partial charge < -0.3 is 11.1 Å². The molecule has 0 amide bonds. The topological polar surface area (TPSA) is 50.9 Å². The zero-order valence-corrected chi connectivity index (χ0v) is 12.0. The summed E-state index contributed by atoms with van der Waals surface area (Å²) in [4.78, 5) is 4.85. The number of benzene rings is 1. The molecule has 0 radical (unpaired) electrons. The molecule has 3 N–H and O–H groups in total. The molecule has 0 aliphatic carbocycles. The Bertz CT molecular complexity index is 575. The molecule has 94 valence electrons. The van der Waals surface area contributed by atoms with Crippen LogP contribution in [0.25, 0.3) is 0 Å². The summed E-state index contributed by atoms with van der Waals surface area (Å²) in [5.74, 6) is 0. The van der Waals surface area contributed by atoms with Crippen LogP contribution in [0.3, 0.4) is 0 Å². The van der Waals surface area contributed by atoms with E-state index in [1.54, 1.807) is 11.3 Å². The fraction of sp³-hybridized carbons (Fsp3) is 0.231. The van der Waals surface area contributed by atoms with Crippen molar-refractivity contribution in [3.63, 3.8) is 0 Å². The number of nitrogens with one attached hydrogen (secondary N) is 1. The van der Waals surface area contributed by atoms with E-state index < -0.39 is 0 Å². The second-order valence-electron chi connectivity index (χ2n) is 4.11. The summed E-state index contributed by atoms with van der Waals surface area (Å²) in [5, 5.41) is 6.50. The Balaban J connectivity index is 2.06. The highest BCUT2D eigenvalue weighted by Gasteiger charge is 2.03. The van der Waals surface area contributed by atoms with Crippen LogP contribution in [0.15, 0.2) is 23.6 Å². The van der Waals surface area contributed by atoms with E-state index in [0.717, 1.165) is 34.1 Å². The number of thiocarbonyl (C=S) groups is 1. The van der Waals surface area contributed by atoms with Gasteiger partial charge in [0, 0.05) is 16.6 Å². The van der Waals surface area contributed by atoms with Crippen molar-refractivity contribution in [3.05, 3.63) is 45.4 Å². The van der Waals surface area contributed by atoms with Gasteiger partial charge in [-0.1, -0.05) is 12.2 Å². The number of nitrogens with zero attached hydrogens (tertiary/aromatic N) is 1. The molecule has 18 heavy (non-hydrogen) atoms. The second kappa shape index (κ2) is 5.46. The third-order valence-corrected chi connectivity index (χ3v) is 3.67. The van der Waals surface area contributed by atoms with Crippen molar-refractivity contribution in [3.8, 4) is 0 Å². The van der Waals surface area contributed by atoms with Gasteiger partial charge in [0.25, 0.3) is 0 Å². The van der Waals surface area contributed by atoms with Crippen molar-refractivity contribution in [1.82, 2.24) is 4.98 Å². The normalized spacial score (nSPS) is 10.3. The lowest BCUT2D eigenvalue weighted by atomic mass is 10.1. The highest BCUT2D eigenvalue weighted by molar-refractivity contribution is 7.80. The number of hydrogen-bond acceptors (Lipinski definition) is 4. The first-order valence-corrected chi connectivity index (χ1v) is 6.90. The molecule has 0 fully saturated rings. The monoisotopic (exact) mass is 277 g/mol. The van der Waals surface area contributed by atoms with Gasteiger partial charge in [-0.2, -0.15) is 0 Å². The standard InChI is InChI=1S/C13H15N3S2/c1-8-5-10(3-4-12(8)13(14)17)15-6-11-7-18-9(2)16-11/h3-5,7,15H,6H2,1-2H3,(H2,14,17). The lowest BCUT2D eigenvalue weighted by Crippen LogP contribution is -2.11. The SMILES string of the molecule is Cc1nc(CNc2ccc(C(N)=S)c(C)c2)cs1. The Morgan fingerprint density at radius 1 is 1.44 bits per heavy atom. The molecule has 0 aliphatic rings. The fourth-order valence-electron chi connectivity index (χ4n) is 1.73. The second-order valence-corrected chi connectivity index (χ2v) is 5.61. The van der Waals surface area contributed by atoms with E-state index in [1.165, 1.54) is 0 Å². The van der Waals surface area contributed by atoms with Gasteiger partial charge in [-0.3, -0.25) is 0 Å². The van der Waals surface area contributed by atoms with Crippen molar-refractivity contribution in [2.45, 2.75) is 20.4 Å². The quantitative estimate of drug-likeness (QED) is 0.844. The summed E-state index contributed by atoms with van der Waals surface area (Å²) >= 11 is 6.65. The van der Waals surface area contributed by atoms with Gasteiger partial charge in [0.2, 0.25) is 0 Å². The molecule has 1 aromatic heterocycles. The first-order valence-electron chi connectivity index (χ1n) is 5.61. The van der Waals surface area contributed by atoms with Crippen LogP contribution in [0, 0.1) is 13.8 Å². The summed E-state index contributed by atoms with van der Waals surface area (Å²) in [7, 11) is 0. The van der Waals surface area contributed by atoms with E-state index in [0.29, 0.717) is 4.99 Å². The van der Waals surface area contributed by atoms with Crippen molar-refractivity contribution >= 4 is 34.2 Å². The van der Waals surface area contributed by atoms with Crippen LogP contribution < -0.4 is 11.1 Å². The van der Waals surface area contributed by atoms with Gasteiger partial charge in [-0.05, 0) is 37.6 Å². The molecule has 0 atom stereocenters. The summed E-state index contributed by atoms with van der Waals surface area (Å²) < 4.78 is 0. The van der Waals surface area contributed by atoms with Crippen LogP contribution >= 0.6 is 23.6 Å². The molecule has 0 saturated carbocycles. The van der Waals surface area contributed by atoms with E-state index in [2.05, 4.69) is 15.7 Å². The Hall–Kier alpha value is -1.46. The Morgan fingerprint density at radius 3 is 2.78 bits per heavy atom. The molecule has 0 saturated heterocycles. The average molecular weight is 277 g/mol. The van der Waals surface area contributed by atoms with Gasteiger partial charge in [0.05, 0.1) is 17.2 Å². The summed E-state index contributed by atoms with van der Waals surface area (Å²) in [6.45, 7) is 4.75. The highest BCUT2D eigenvalue weighted by Crippen LogP contribution is 2.16. The molecule has 0 spiro atoms. The molecule has 1 aromatic carbocycles. The maximum Gasteiger partial charge on any atom is 0.104 e. The fourth-order valence-corrected chi connectivity index (χ4v) is 2.57. The number of nitrogens with two attached hydrogens (primary N) is 1. The highest BCUT2D eigenvalue weighted by atomic mass is 32.1. The lowest BCUT2D eigenvalue weighted by Gasteiger charge is -2.08. The van der Waals surface area contributed by atoms with Gasteiger partial charge in [0.15, 0.2) is 0 Å². The molecule has 0 aliphatic heterocycles. The van der Waals surface area contributed by atoms with Crippen molar-refractivity contribution in [2.75, 3.05) is 5.32 Å². The van der Waals surface area contributed by atoms with E-state index >= 15 is 0 Å². The Morgan fingerprint density at radius 2 is 2.22 bits per heavy atom. The minimum absolute atomic E-state index is 0.439. The number of aryl methyl sites for hydroxylation is 2. The van der Waals surface area contributed by atoms with Crippen LogP contribution in [0.5, 0.6) is 0 Å². The van der Waals surface area contributed by atoms with Crippen LogP contribution in [0.4, 0.5) is 5.69 Å². The average Bonchev–Trinajstić information content (AvgIpc) is 2.72. The predicted molar refractivity (Wildman–Crippen MR) is 81.2 cm³/mol. The molecule has 3 nitrogen and oxygen atoms in total. The van der Waals surface area contributed by atoms with Gasteiger partial charge >= 0.3 is 0 Å². The summed E-state index contributed by atoms with van der Waals surface area (Å²) in [6, 6.07) is 5.99. The maximum atomic E-state index is 5.63. The van der Waals surface area contributed by atoms with Gasteiger partial charge in [-0.15, -0.1) is 11.3 Å². The zero-order valence-electron chi connectivity index (χ0n) is 10.4. The van der Waals surface area contributed by atoms with Gasteiger partial charge in [-0.25, -0.2) is 4.98 Å².